The zero-order valence-corrected chi connectivity index (χ0v) is 7.63. The number of hydrogen-bond acceptors (Lipinski definition) is 4. The van der Waals surface area contributed by atoms with Gasteiger partial charge < -0.3 is 14.6 Å². The van der Waals surface area contributed by atoms with Gasteiger partial charge in [0.25, 0.3) is 5.88 Å². The molecule has 68 valence electrons. The Kier molecular flexibility index (Phi) is 3.10. The summed E-state index contributed by atoms with van der Waals surface area (Å²) in [5.41, 5.74) is 0. The molecule has 0 unspecified atom stereocenters. The number of methoxy groups -OCH3 is 1. The van der Waals surface area contributed by atoms with Crippen LogP contribution in [0.5, 0.6) is 5.88 Å². The van der Waals surface area contributed by atoms with Gasteiger partial charge in [0.05, 0.1) is 13.7 Å². The van der Waals surface area contributed by atoms with Crippen molar-refractivity contribution in [1.82, 2.24) is 10.5 Å². The summed E-state index contributed by atoms with van der Waals surface area (Å²) in [6.45, 7) is 4.84. The third-order valence-corrected chi connectivity index (χ3v) is 1.43. The van der Waals surface area contributed by atoms with Crippen LogP contribution in [-0.4, -0.2) is 18.3 Å². The first kappa shape index (κ1) is 9.06. The first-order valence-electron chi connectivity index (χ1n) is 3.95. The Hall–Kier alpha value is -1.03. The fraction of sp³-hybridized carbons (Fsp3) is 0.625. The van der Waals surface area contributed by atoms with Crippen LogP contribution in [0, 0.1) is 0 Å². The molecule has 1 aromatic rings. The molecule has 0 bridgehead atoms. The van der Waals surface area contributed by atoms with Crippen molar-refractivity contribution < 1.29 is 9.26 Å². The van der Waals surface area contributed by atoms with Crippen LogP contribution in [0.4, 0.5) is 0 Å². The topological polar surface area (TPSA) is 47.3 Å². The van der Waals surface area contributed by atoms with Crippen LogP contribution in [0.25, 0.3) is 0 Å². The van der Waals surface area contributed by atoms with Crippen molar-refractivity contribution in [3.8, 4) is 5.88 Å². The fourth-order valence-electron chi connectivity index (χ4n) is 0.778. The van der Waals surface area contributed by atoms with Crippen molar-refractivity contribution in [2.75, 3.05) is 7.11 Å². The van der Waals surface area contributed by atoms with Gasteiger partial charge in [0, 0.05) is 12.1 Å². The first-order chi connectivity index (χ1) is 5.72. The molecular formula is C8H14N2O2. The minimum atomic E-state index is 0.445. The van der Waals surface area contributed by atoms with E-state index in [1.807, 2.05) is 0 Å². The minimum Gasteiger partial charge on any atom is -0.479 e. The van der Waals surface area contributed by atoms with Crippen molar-refractivity contribution in [2.45, 2.75) is 26.4 Å². The van der Waals surface area contributed by atoms with Gasteiger partial charge in [-0.2, -0.15) is 0 Å². The summed E-state index contributed by atoms with van der Waals surface area (Å²) >= 11 is 0. The molecule has 0 amide bonds. The Morgan fingerprint density at radius 2 is 2.42 bits per heavy atom. The molecule has 0 atom stereocenters. The predicted molar refractivity (Wildman–Crippen MR) is 45.0 cm³/mol. The van der Waals surface area contributed by atoms with Crippen LogP contribution < -0.4 is 10.1 Å². The highest BCUT2D eigenvalue weighted by Gasteiger charge is 2.03. The lowest BCUT2D eigenvalue weighted by Crippen LogP contribution is -2.21. The number of ether oxygens (including phenoxy) is 1. The number of nitrogens with zero attached hydrogens (tertiary/aromatic N) is 1. The number of hydrogen-bond donors (Lipinski definition) is 1. The second-order valence-electron chi connectivity index (χ2n) is 2.87. The van der Waals surface area contributed by atoms with E-state index in [2.05, 4.69) is 24.3 Å². The van der Waals surface area contributed by atoms with E-state index in [0.717, 1.165) is 5.76 Å². The Balaban J connectivity index is 2.41. The maximum absolute atomic E-state index is 4.97. The van der Waals surface area contributed by atoms with Gasteiger partial charge in [-0.25, -0.2) is 0 Å². The highest BCUT2D eigenvalue weighted by molar-refractivity contribution is 5.10. The van der Waals surface area contributed by atoms with Gasteiger partial charge in [-0.05, 0) is 5.16 Å². The van der Waals surface area contributed by atoms with E-state index < -0.39 is 0 Å². The molecule has 1 rings (SSSR count). The summed E-state index contributed by atoms with van der Waals surface area (Å²) in [7, 11) is 1.57. The number of aromatic nitrogens is 1. The third-order valence-electron chi connectivity index (χ3n) is 1.43. The molecule has 1 aromatic heterocycles. The van der Waals surface area contributed by atoms with Gasteiger partial charge in [-0.15, -0.1) is 0 Å². The highest BCUT2D eigenvalue weighted by atomic mass is 16.5. The molecule has 4 nitrogen and oxygen atoms in total. The molecule has 0 aliphatic heterocycles. The summed E-state index contributed by atoms with van der Waals surface area (Å²) in [4.78, 5) is 0. The van der Waals surface area contributed by atoms with Crippen LogP contribution in [0.15, 0.2) is 10.6 Å². The molecule has 0 aliphatic rings. The van der Waals surface area contributed by atoms with Gasteiger partial charge in [0.15, 0.2) is 5.76 Å². The highest BCUT2D eigenvalue weighted by Crippen LogP contribution is 2.09. The van der Waals surface area contributed by atoms with E-state index in [1.165, 1.54) is 0 Å². The lowest BCUT2D eigenvalue weighted by Gasteiger charge is -2.03. The third kappa shape index (κ3) is 2.54. The summed E-state index contributed by atoms with van der Waals surface area (Å²) in [5, 5.41) is 6.89. The zero-order chi connectivity index (χ0) is 8.97. The van der Waals surface area contributed by atoms with Crippen molar-refractivity contribution in [1.29, 1.82) is 0 Å². The van der Waals surface area contributed by atoms with Crippen molar-refractivity contribution in [3.63, 3.8) is 0 Å². The van der Waals surface area contributed by atoms with E-state index in [1.54, 1.807) is 13.2 Å². The van der Waals surface area contributed by atoms with E-state index in [-0.39, 0.29) is 0 Å². The molecule has 1 heterocycles. The Morgan fingerprint density at radius 1 is 1.67 bits per heavy atom. The molecule has 4 heteroatoms. The van der Waals surface area contributed by atoms with Gasteiger partial charge in [-0.1, -0.05) is 13.8 Å². The molecule has 1 N–H and O–H groups in total. The Bertz CT molecular complexity index is 233. The number of nitrogens with one attached hydrogen (secondary N) is 1. The van der Waals surface area contributed by atoms with Crippen LogP contribution >= 0.6 is 0 Å². The van der Waals surface area contributed by atoms with Crippen molar-refractivity contribution in [2.24, 2.45) is 0 Å². The van der Waals surface area contributed by atoms with Gasteiger partial charge in [0.1, 0.15) is 0 Å². The van der Waals surface area contributed by atoms with Crippen molar-refractivity contribution >= 4 is 0 Å². The lowest BCUT2D eigenvalue weighted by atomic mass is 10.3. The minimum absolute atomic E-state index is 0.445. The first-order valence-corrected chi connectivity index (χ1v) is 3.95. The molecule has 0 saturated heterocycles. The summed E-state index contributed by atoms with van der Waals surface area (Å²) in [6.07, 6.45) is 0. The van der Waals surface area contributed by atoms with E-state index in [4.69, 9.17) is 9.26 Å². The smallest absolute Gasteiger partial charge is 0.254 e. The summed E-state index contributed by atoms with van der Waals surface area (Å²) in [5.74, 6) is 1.32. The zero-order valence-electron chi connectivity index (χ0n) is 7.63. The lowest BCUT2D eigenvalue weighted by molar-refractivity contribution is 0.321. The van der Waals surface area contributed by atoms with Crippen LogP contribution in [-0.2, 0) is 6.54 Å². The fourth-order valence-corrected chi connectivity index (χ4v) is 0.778. The molecule has 0 fully saturated rings. The average Bonchev–Trinajstić information content (AvgIpc) is 2.48. The maximum Gasteiger partial charge on any atom is 0.254 e. The van der Waals surface area contributed by atoms with Gasteiger partial charge in [-0.3, -0.25) is 0 Å². The van der Waals surface area contributed by atoms with Crippen LogP contribution in [0.1, 0.15) is 19.6 Å². The maximum atomic E-state index is 4.97. The van der Waals surface area contributed by atoms with Crippen LogP contribution in [0.3, 0.4) is 0 Å². The Labute approximate surface area is 71.9 Å². The predicted octanol–water partition coefficient (Wildman–Crippen LogP) is 1.18. The molecule has 0 aliphatic carbocycles. The largest absolute Gasteiger partial charge is 0.479 e. The van der Waals surface area contributed by atoms with Crippen molar-refractivity contribution in [3.05, 3.63) is 11.8 Å². The molecule has 0 spiro atoms. The van der Waals surface area contributed by atoms with Gasteiger partial charge >= 0.3 is 0 Å². The molecule has 0 radical (unpaired) electrons. The van der Waals surface area contributed by atoms with E-state index in [9.17, 15) is 0 Å². The standard InChI is InChI=1S/C8H14N2O2/c1-6(2)9-5-7-4-8(11-3)10-12-7/h4,6,9H,5H2,1-3H3. The van der Waals surface area contributed by atoms with Gasteiger partial charge in [0.2, 0.25) is 0 Å². The average molecular weight is 170 g/mol. The second-order valence-corrected chi connectivity index (χ2v) is 2.87. The molecular weight excluding hydrogens is 156 g/mol. The Morgan fingerprint density at radius 3 is 2.92 bits per heavy atom. The quantitative estimate of drug-likeness (QED) is 0.737. The summed E-state index contributed by atoms with van der Waals surface area (Å²) in [6, 6.07) is 2.22. The van der Waals surface area contributed by atoms with E-state index >= 15 is 0 Å². The molecule has 12 heavy (non-hydrogen) atoms. The van der Waals surface area contributed by atoms with Crippen LogP contribution in [0.2, 0.25) is 0 Å². The monoisotopic (exact) mass is 170 g/mol. The number of rotatable bonds is 4. The SMILES string of the molecule is COc1cc(CNC(C)C)on1. The summed E-state index contributed by atoms with van der Waals surface area (Å²) < 4.78 is 9.84. The molecule has 0 saturated carbocycles. The van der Waals surface area contributed by atoms with E-state index in [0.29, 0.717) is 18.5 Å². The normalized spacial score (nSPS) is 10.7. The second kappa shape index (κ2) is 4.11. The molecule has 0 aromatic carbocycles.